The molecule has 12 heteroatoms. The van der Waals surface area contributed by atoms with E-state index in [1.807, 2.05) is 0 Å². The van der Waals surface area contributed by atoms with Crippen molar-refractivity contribution in [1.82, 2.24) is 9.62 Å². The van der Waals surface area contributed by atoms with E-state index in [1.165, 1.54) is 31.4 Å². The van der Waals surface area contributed by atoms with E-state index in [1.54, 1.807) is 0 Å². The van der Waals surface area contributed by atoms with E-state index in [4.69, 9.17) is 16.3 Å². The highest BCUT2D eigenvalue weighted by Gasteiger charge is 2.44. The lowest BCUT2D eigenvalue weighted by molar-refractivity contribution is -0.141. The van der Waals surface area contributed by atoms with Crippen LogP contribution >= 0.6 is 11.6 Å². The summed E-state index contributed by atoms with van der Waals surface area (Å²) in [4.78, 5) is 37.0. The number of nitrogens with zero attached hydrogens (tertiary/aromatic N) is 1. The molecule has 1 saturated heterocycles. The van der Waals surface area contributed by atoms with Gasteiger partial charge in [-0.05, 0) is 48.5 Å². The van der Waals surface area contributed by atoms with E-state index < -0.39 is 52.6 Å². The number of amides is 2. The second-order valence-electron chi connectivity index (χ2n) is 6.95. The van der Waals surface area contributed by atoms with Crippen molar-refractivity contribution in [2.24, 2.45) is 0 Å². The predicted molar refractivity (Wildman–Crippen MR) is 115 cm³/mol. The van der Waals surface area contributed by atoms with Crippen molar-refractivity contribution >= 4 is 45.5 Å². The molecule has 0 bridgehead atoms. The highest BCUT2D eigenvalue weighted by molar-refractivity contribution is 7.89. The van der Waals surface area contributed by atoms with Gasteiger partial charge in [0.05, 0.1) is 18.4 Å². The molecule has 0 spiro atoms. The second-order valence-corrected chi connectivity index (χ2v) is 9.20. The smallest absolute Gasteiger partial charge is 0.306 e. The number of halogens is 2. The average Bonchev–Trinajstić information content (AvgIpc) is 2.86. The van der Waals surface area contributed by atoms with Crippen LogP contribution in [0.5, 0.6) is 5.75 Å². The number of ether oxygens (including phenoxy) is 1. The number of sulfonamides is 1. The Hall–Kier alpha value is -3.44. The Morgan fingerprint density at radius 1 is 1.27 bits per heavy atom. The summed E-state index contributed by atoms with van der Waals surface area (Å²) in [6, 6.07) is 6.48. The first-order valence-electron chi connectivity index (χ1n) is 9.42. The van der Waals surface area contributed by atoms with Crippen molar-refractivity contribution in [2.45, 2.75) is 17.4 Å². The molecule has 174 valence electrons. The van der Waals surface area contributed by atoms with Crippen molar-refractivity contribution in [3.8, 4) is 5.75 Å². The van der Waals surface area contributed by atoms with Crippen LogP contribution in [0, 0.1) is 5.82 Å². The molecule has 1 aliphatic heterocycles. The zero-order valence-corrected chi connectivity index (χ0v) is 18.7. The summed E-state index contributed by atoms with van der Waals surface area (Å²) < 4.78 is 45.9. The zero-order valence-electron chi connectivity index (χ0n) is 17.1. The highest BCUT2D eigenvalue weighted by atomic mass is 35.5. The molecule has 0 saturated carbocycles. The molecule has 0 aliphatic carbocycles. The summed E-state index contributed by atoms with van der Waals surface area (Å²) >= 11 is 5.81. The molecule has 1 heterocycles. The molecule has 9 nitrogen and oxygen atoms in total. The second kappa shape index (κ2) is 9.59. The largest absolute Gasteiger partial charge is 0.496 e. The van der Waals surface area contributed by atoms with E-state index in [2.05, 4.69) is 5.32 Å². The number of carboxylic acids is 1. The molecule has 2 aromatic rings. The third-order valence-electron chi connectivity index (χ3n) is 4.77. The van der Waals surface area contributed by atoms with Gasteiger partial charge in [-0.15, -0.1) is 0 Å². The quantitative estimate of drug-likeness (QED) is 0.585. The fourth-order valence-electron chi connectivity index (χ4n) is 3.22. The zero-order chi connectivity index (χ0) is 24.3. The number of nitrogens with one attached hydrogen (secondary N) is 1. The molecule has 2 N–H and O–H groups in total. The minimum absolute atomic E-state index is 0.121. The molecule has 33 heavy (non-hydrogen) atoms. The number of hydrogen-bond donors (Lipinski definition) is 2. The lowest BCUT2D eigenvalue weighted by Crippen LogP contribution is -2.50. The fraction of sp³-hybridized carbons (Fsp3) is 0.190. The van der Waals surface area contributed by atoms with Gasteiger partial charge in [0.1, 0.15) is 17.6 Å². The lowest BCUT2D eigenvalue weighted by Gasteiger charge is -2.27. The number of methoxy groups -OCH3 is 1. The van der Waals surface area contributed by atoms with Gasteiger partial charge < -0.3 is 15.2 Å². The van der Waals surface area contributed by atoms with Crippen LogP contribution in [0.2, 0.25) is 5.02 Å². The SMILES string of the molecule is COc1ccc(F)cc1/C=C1\CNC(=O)[C@@H](CC(=O)O)N(S(=O)(=O)c2ccc(Cl)cc2)C1=O. The predicted octanol–water partition coefficient (Wildman–Crippen LogP) is 2.06. The van der Waals surface area contributed by atoms with Crippen LogP contribution in [0.1, 0.15) is 12.0 Å². The van der Waals surface area contributed by atoms with E-state index in [0.29, 0.717) is 0 Å². The summed E-state index contributed by atoms with van der Waals surface area (Å²) in [7, 11) is -3.35. The van der Waals surface area contributed by atoms with Crippen LogP contribution < -0.4 is 10.1 Å². The maximum atomic E-state index is 13.8. The minimum Gasteiger partial charge on any atom is -0.496 e. The highest BCUT2D eigenvalue weighted by Crippen LogP contribution is 2.28. The first-order valence-corrected chi connectivity index (χ1v) is 11.2. The van der Waals surface area contributed by atoms with Crippen molar-refractivity contribution in [3.05, 3.63) is 64.4 Å². The number of aliphatic carboxylic acids is 1. The molecule has 1 fully saturated rings. The molecule has 0 aromatic heterocycles. The Kier molecular flexibility index (Phi) is 7.04. The third kappa shape index (κ3) is 5.15. The van der Waals surface area contributed by atoms with Gasteiger partial charge in [-0.3, -0.25) is 14.4 Å². The molecular weight excluding hydrogens is 479 g/mol. The number of carbonyl (C=O) groups excluding carboxylic acids is 2. The van der Waals surface area contributed by atoms with Crippen LogP contribution in [-0.2, 0) is 24.4 Å². The molecule has 2 amide bonds. The number of rotatable bonds is 6. The van der Waals surface area contributed by atoms with Crippen LogP contribution in [0.25, 0.3) is 6.08 Å². The maximum Gasteiger partial charge on any atom is 0.306 e. The van der Waals surface area contributed by atoms with E-state index >= 15 is 0 Å². The Morgan fingerprint density at radius 2 is 1.94 bits per heavy atom. The first-order chi connectivity index (χ1) is 15.5. The van der Waals surface area contributed by atoms with Gasteiger partial charge in [-0.25, -0.2) is 17.1 Å². The van der Waals surface area contributed by atoms with Crippen LogP contribution in [0.4, 0.5) is 4.39 Å². The number of carboxylic acid groups (broad SMARTS) is 1. The van der Waals surface area contributed by atoms with Crippen LogP contribution in [-0.4, -0.2) is 55.3 Å². The molecule has 1 atom stereocenters. The normalized spacial score (nSPS) is 18.1. The molecule has 0 unspecified atom stereocenters. The number of benzene rings is 2. The van der Waals surface area contributed by atoms with Crippen LogP contribution in [0.15, 0.2) is 52.9 Å². The molecule has 1 aliphatic rings. The van der Waals surface area contributed by atoms with Gasteiger partial charge in [0.25, 0.3) is 15.9 Å². The van der Waals surface area contributed by atoms with Crippen molar-refractivity contribution in [2.75, 3.05) is 13.7 Å². The average molecular weight is 497 g/mol. The van der Waals surface area contributed by atoms with Gasteiger partial charge >= 0.3 is 5.97 Å². The van der Waals surface area contributed by atoms with Gasteiger partial charge in [0.2, 0.25) is 5.91 Å². The van der Waals surface area contributed by atoms with E-state index in [0.717, 1.165) is 24.3 Å². The molecule has 2 aromatic carbocycles. The Bertz CT molecular complexity index is 1250. The monoisotopic (exact) mass is 496 g/mol. The summed E-state index contributed by atoms with van der Waals surface area (Å²) in [5.74, 6) is -4.04. The van der Waals surface area contributed by atoms with Crippen molar-refractivity contribution < 1.29 is 37.0 Å². The van der Waals surface area contributed by atoms with Gasteiger partial charge in [0.15, 0.2) is 0 Å². The minimum atomic E-state index is -4.67. The van der Waals surface area contributed by atoms with Gasteiger partial charge in [-0.2, -0.15) is 0 Å². The lowest BCUT2D eigenvalue weighted by atomic mass is 10.1. The van der Waals surface area contributed by atoms with E-state index in [-0.39, 0.29) is 31.1 Å². The van der Waals surface area contributed by atoms with Gasteiger partial charge in [-0.1, -0.05) is 11.6 Å². The molecular formula is C21H18ClFN2O7S. The standard InChI is InChI=1S/C21H18ClFN2O7S/c1-32-18-7-4-15(23)9-12(18)8-13-11-24-20(28)17(10-19(26)27)25(21(13)29)33(30,31)16-5-2-14(22)3-6-16/h2-9,17H,10-11H2,1H3,(H,24,28)(H,26,27)/b13-8+/t17-/m1/s1. The first kappa shape index (κ1) is 24.2. The Balaban J connectivity index is 2.18. The number of carbonyl (C=O) groups is 3. The van der Waals surface area contributed by atoms with E-state index in [9.17, 15) is 32.3 Å². The number of hydrogen-bond acceptors (Lipinski definition) is 6. The van der Waals surface area contributed by atoms with Crippen LogP contribution in [0.3, 0.4) is 0 Å². The topological polar surface area (TPSA) is 130 Å². The van der Waals surface area contributed by atoms with Crippen molar-refractivity contribution in [1.29, 1.82) is 0 Å². The fourth-order valence-corrected chi connectivity index (χ4v) is 4.90. The molecule has 0 radical (unpaired) electrons. The summed E-state index contributed by atoms with van der Waals surface area (Å²) in [6.07, 6.45) is 0.221. The summed E-state index contributed by atoms with van der Waals surface area (Å²) in [5, 5.41) is 11.8. The molecule has 3 rings (SSSR count). The summed E-state index contributed by atoms with van der Waals surface area (Å²) in [6.45, 7) is -0.417. The van der Waals surface area contributed by atoms with Gasteiger partial charge in [0, 0.05) is 22.7 Å². The third-order valence-corrected chi connectivity index (χ3v) is 6.83. The summed E-state index contributed by atoms with van der Waals surface area (Å²) in [5.41, 5.74) is -0.103. The Morgan fingerprint density at radius 3 is 2.55 bits per heavy atom. The maximum absolute atomic E-state index is 13.8. The Labute approximate surface area is 193 Å². The van der Waals surface area contributed by atoms with Crippen molar-refractivity contribution in [3.63, 3.8) is 0 Å².